The van der Waals surface area contributed by atoms with Gasteiger partial charge in [0.1, 0.15) is 17.5 Å². The van der Waals surface area contributed by atoms with Crippen LogP contribution in [0, 0.1) is 23.4 Å². The molecular weight excluding hydrogens is 369 g/mol. The normalized spacial score (nSPS) is 16.1. The Morgan fingerprint density at radius 3 is 2.46 bits per heavy atom. The number of carbonyl (C=O) groups is 1. The fourth-order valence-corrected chi connectivity index (χ4v) is 3.06. The van der Waals surface area contributed by atoms with Gasteiger partial charge < -0.3 is 9.74 Å². The minimum absolute atomic E-state index is 0.0747. The number of hydrogen-bond acceptors (Lipinski definition) is 3. The van der Waals surface area contributed by atoms with Crippen molar-refractivity contribution < 1.29 is 22.8 Å². The molecule has 0 aliphatic carbocycles. The SMILES string of the molecule is CC(C)C(=O)N(Cc1ccc(F)cc1)C[C@H]1CC(c2ccc(F)cc2F)=NO1. The van der Waals surface area contributed by atoms with Crippen molar-refractivity contribution in [3.8, 4) is 0 Å². The quantitative estimate of drug-likeness (QED) is 0.739. The lowest BCUT2D eigenvalue weighted by molar-refractivity contribution is -0.136. The van der Waals surface area contributed by atoms with Crippen LogP contribution < -0.4 is 0 Å². The average Bonchev–Trinajstić information content (AvgIpc) is 3.10. The average molecular weight is 390 g/mol. The number of carbonyl (C=O) groups excluding carboxylic acids is 1. The summed E-state index contributed by atoms with van der Waals surface area (Å²) in [6.45, 7) is 4.15. The van der Waals surface area contributed by atoms with Crippen LogP contribution in [0.15, 0.2) is 47.6 Å². The van der Waals surface area contributed by atoms with Crippen molar-refractivity contribution in [2.45, 2.75) is 32.9 Å². The van der Waals surface area contributed by atoms with E-state index in [-0.39, 0.29) is 29.8 Å². The zero-order valence-corrected chi connectivity index (χ0v) is 15.7. The van der Waals surface area contributed by atoms with Crippen molar-refractivity contribution in [3.63, 3.8) is 0 Å². The molecule has 2 aromatic carbocycles. The van der Waals surface area contributed by atoms with Gasteiger partial charge in [-0.25, -0.2) is 13.2 Å². The molecule has 0 radical (unpaired) electrons. The van der Waals surface area contributed by atoms with E-state index in [0.717, 1.165) is 17.7 Å². The summed E-state index contributed by atoms with van der Waals surface area (Å²) in [7, 11) is 0. The van der Waals surface area contributed by atoms with E-state index < -0.39 is 17.7 Å². The highest BCUT2D eigenvalue weighted by Crippen LogP contribution is 2.22. The second-order valence-corrected chi connectivity index (χ2v) is 7.09. The van der Waals surface area contributed by atoms with Crippen LogP contribution in [0.25, 0.3) is 0 Å². The van der Waals surface area contributed by atoms with E-state index in [2.05, 4.69) is 5.16 Å². The Morgan fingerprint density at radius 2 is 1.82 bits per heavy atom. The maximum absolute atomic E-state index is 14.0. The topological polar surface area (TPSA) is 41.9 Å². The molecule has 1 amide bonds. The third kappa shape index (κ3) is 4.71. The Morgan fingerprint density at radius 1 is 1.14 bits per heavy atom. The van der Waals surface area contributed by atoms with Crippen LogP contribution in [0.4, 0.5) is 13.2 Å². The number of amides is 1. The maximum Gasteiger partial charge on any atom is 0.225 e. The largest absolute Gasteiger partial charge is 0.390 e. The van der Waals surface area contributed by atoms with Gasteiger partial charge in [0.15, 0.2) is 6.10 Å². The molecule has 0 fully saturated rings. The molecule has 1 aliphatic heterocycles. The smallest absolute Gasteiger partial charge is 0.225 e. The van der Waals surface area contributed by atoms with Crippen LogP contribution >= 0.6 is 0 Å². The molecule has 2 aromatic rings. The minimum Gasteiger partial charge on any atom is -0.390 e. The van der Waals surface area contributed by atoms with Gasteiger partial charge in [0.25, 0.3) is 0 Å². The molecule has 0 unspecified atom stereocenters. The second kappa shape index (κ2) is 8.46. The van der Waals surface area contributed by atoms with Crippen molar-refractivity contribution in [1.29, 1.82) is 0 Å². The van der Waals surface area contributed by atoms with Crippen molar-refractivity contribution in [2.24, 2.45) is 11.1 Å². The Hall–Kier alpha value is -2.83. The summed E-state index contributed by atoms with van der Waals surface area (Å²) in [5, 5.41) is 3.92. The van der Waals surface area contributed by atoms with Crippen molar-refractivity contribution in [3.05, 3.63) is 71.0 Å². The highest BCUT2D eigenvalue weighted by Gasteiger charge is 2.29. The highest BCUT2D eigenvalue weighted by molar-refractivity contribution is 6.01. The molecule has 0 saturated heterocycles. The molecule has 1 aliphatic rings. The standard InChI is InChI=1S/C21H21F3N2O2/c1-13(2)21(27)26(11-14-3-5-15(22)6-4-14)12-17-10-20(25-28-17)18-8-7-16(23)9-19(18)24/h3-9,13,17H,10-12H2,1-2H3/t17-/m1/s1. The predicted molar refractivity (Wildman–Crippen MR) is 99.0 cm³/mol. The van der Waals surface area contributed by atoms with Crippen molar-refractivity contribution in [1.82, 2.24) is 4.90 Å². The van der Waals surface area contributed by atoms with Crippen LogP contribution in [-0.4, -0.2) is 29.2 Å². The van der Waals surface area contributed by atoms with Gasteiger partial charge in [0.05, 0.1) is 12.3 Å². The Kier molecular flexibility index (Phi) is 6.02. The maximum atomic E-state index is 14.0. The third-order valence-corrected chi connectivity index (χ3v) is 4.49. The number of oxime groups is 1. The van der Waals surface area contributed by atoms with Crippen LogP contribution in [-0.2, 0) is 16.2 Å². The second-order valence-electron chi connectivity index (χ2n) is 7.09. The van der Waals surface area contributed by atoms with E-state index in [1.165, 1.54) is 18.2 Å². The van der Waals surface area contributed by atoms with Crippen molar-refractivity contribution in [2.75, 3.05) is 6.54 Å². The van der Waals surface area contributed by atoms with Crippen LogP contribution in [0.3, 0.4) is 0 Å². The molecule has 0 saturated carbocycles. The van der Waals surface area contributed by atoms with E-state index in [1.54, 1.807) is 30.9 Å². The van der Waals surface area contributed by atoms with E-state index >= 15 is 0 Å². The van der Waals surface area contributed by atoms with Gasteiger partial charge in [-0.1, -0.05) is 31.1 Å². The number of halogens is 3. The van der Waals surface area contributed by atoms with Gasteiger partial charge in [-0.15, -0.1) is 0 Å². The van der Waals surface area contributed by atoms with Gasteiger partial charge >= 0.3 is 0 Å². The first-order valence-electron chi connectivity index (χ1n) is 9.05. The summed E-state index contributed by atoms with van der Waals surface area (Å²) >= 11 is 0. The summed E-state index contributed by atoms with van der Waals surface area (Å²) in [4.78, 5) is 19.6. The summed E-state index contributed by atoms with van der Waals surface area (Å²) in [5.41, 5.74) is 1.35. The van der Waals surface area contributed by atoms with E-state index in [4.69, 9.17) is 4.84 Å². The number of benzene rings is 2. The van der Waals surface area contributed by atoms with Crippen LogP contribution in [0.2, 0.25) is 0 Å². The van der Waals surface area contributed by atoms with Crippen LogP contribution in [0.1, 0.15) is 31.4 Å². The first-order valence-corrected chi connectivity index (χ1v) is 9.05. The lowest BCUT2D eigenvalue weighted by Crippen LogP contribution is -2.39. The van der Waals surface area contributed by atoms with E-state index in [1.807, 2.05) is 0 Å². The predicted octanol–water partition coefficient (Wildman–Crippen LogP) is 4.28. The summed E-state index contributed by atoms with van der Waals surface area (Å²) < 4.78 is 40.2. The first kappa shape index (κ1) is 19.9. The lowest BCUT2D eigenvalue weighted by Gasteiger charge is -2.26. The molecular formula is C21H21F3N2O2. The molecule has 1 heterocycles. The summed E-state index contributed by atoms with van der Waals surface area (Å²) in [6, 6.07) is 9.23. The molecule has 148 valence electrons. The van der Waals surface area contributed by atoms with Gasteiger partial charge in [-0.05, 0) is 29.8 Å². The molecule has 0 N–H and O–H groups in total. The highest BCUT2D eigenvalue weighted by atomic mass is 19.1. The Bertz CT molecular complexity index is 882. The first-order chi connectivity index (χ1) is 13.3. The van der Waals surface area contributed by atoms with E-state index in [0.29, 0.717) is 18.7 Å². The monoisotopic (exact) mass is 390 g/mol. The molecule has 4 nitrogen and oxygen atoms in total. The Labute approximate surface area is 161 Å². The van der Waals surface area contributed by atoms with Gasteiger partial charge in [0.2, 0.25) is 5.91 Å². The van der Waals surface area contributed by atoms with Crippen LogP contribution in [0.5, 0.6) is 0 Å². The third-order valence-electron chi connectivity index (χ3n) is 4.49. The molecule has 7 heteroatoms. The minimum atomic E-state index is -0.704. The number of rotatable bonds is 6. The summed E-state index contributed by atoms with van der Waals surface area (Å²) in [6.07, 6.45) is -0.143. The van der Waals surface area contributed by atoms with Gasteiger partial charge in [-0.2, -0.15) is 0 Å². The zero-order valence-electron chi connectivity index (χ0n) is 15.7. The van der Waals surface area contributed by atoms with Gasteiger partial charge in [0, 0.05) is 30.5 Å². The fraction of sp³-hybridized carbons (Fsp3) is 0.333. The molecule has 1 atom stereocenters. The lowest BCUT2D eigenvalue weighted by atomic mass is 10.0. The van der Waals surface area contributed by atoms with Crippen molar-refractivity contribution >= 4 is 11.6 Å². The summed E-state index contributed by atoms with van der Waals surface area (Å²) in [5.74, 6) is -2.01. The number of nitrogens with zero attached hydrogens (tertiary/aromatic N) is 2. The molecule has 0 aromatic heterocycles. The Balaban J connectivity index is 1.69. The van der Waals surface area contributed by atoms with Gasteiger partial charge in [-0.3, -0.25) is 4.79 Å². The molecule has 3 rings (SSSR count). The molecule has 0 spiro atoms. The fourth-order valence-electron chi connectivity index (χ4n) is 3.06. The number of hydrogen-bond donors (Lipinski definition) is 0. The molecule has 28 heavy (non-hydrogen) atoms. The molecule has 0 bridgehead atoms. The van der Waals surface area contributed by atoms with E-state index in [9.17, 15) is 18.0 Å². The zero-order chi connectivity index (χ0) is 20.3.